The van der Waals surface area contributed by atoms with Gasteiger partial charge < -0.3 is 0 Å². The Kier molecular flexibility index (Phi) is 5.75. The summed E-state index contributed by atoms with van der Waals surface area (Å²) in [7, 11) is -2.45. The fourth-order valence-electron chi connectivity index (χ4n) is 7.09. The van der Waals surface area contributed by atoms with Gasteiger partial charge in [0.25, 0.3) is 0 Å². The quantitative estimate of drug-likeness (QED) is 0.384. The van der Waals surface area contributed by atoms with Gasteiger partial charge in [0, 0.05) is 10.5 Å². The number of hydrogen-bond acceptors (Lipinski definition) is 2. The predicted octanol–water partition coefficient (Wildman–Crippen LogP) is 8.31. The van der Waals surface area contributed by atoms with Crippen LogP contribution in [0.5, 0.6) is 0 Å². The maximum absolute atomic E-state index is 2.79. The highest BCUT2D eigenvalue weighted by Crippen LogP contribution is 2.67. The molecule has 29 heavy (non-hydrogen) atoms. The van der Waals surface area contributed by atoms with E-state index in [1.54, 1.807) is 9.06 Å². The van der Waals surface area contributed by atoms with E-state index in [2.05, 4.69) is 103 Å². The molecule has 0 nitrogen and oxygen atoms in total. The first-order chi connectivity index (χ1) is 13.2. The van der Waals surface area contributed by atoms with Gasteiger partial charge in [-0.15, -0.1) is 23.5 Å². The van der Waals surface area contributed by atoms with E-state index in [0.717, 1.165) is 46.0 Å². The summed E-state index contributed by atoms with van der Waals surface area (Å²) in [6, 6.07) is 0. The molecule has 0 spiro atoms. The van der Waals surface area contributed by atoms with Gasteiger partial charge >= 0.3 is 0 Å². The van der Waals surface area contributed by atoms with Gasteiger partial charge in [0.05, 0.1) is 16.1 Å². The van der Waals surface area contributed by atoms with Crippen LogP contribution in [-0.2, 0) is 0 Å². The zero-order valence-electron chi connectivity index (χ0n) is 20.5. The summed E-state index contributed by atoms with van der Waals surface area (Å²) in [4.78, 5) is 0. The van der Waals surface area contributed by atoms with E-state index < -0.39 is 16.1 Å². The third-order valence-electron chi connectivity index (χ3n) is 8.54. The molecule has 0 radical (unpaired) electrons. The van der Waals surface area contributed by atoms with E-state index in [0.29, 0.717) is 5.41 Å². The van der Waals surface area contributed by atoms with Gasteiger partial charge in [0.15, 0.2) is 0 Å². The van der Waals surface area contributed by atoms with E-state index in [9.17, 15) is 0 Å². The Morgan fingerprint density at radius 3 is 1.59 bits per heavy atom. The molecule has 2 aliphatic carbocycles. The summed E-state index contributed by atoms with van der Waals surface area (Å²) in [6.45, 7) is 25.7. The maximum Gasteiger partial charge on any atom is 0.0853 e. The SMILES string of the molecule is CC1CC(C)C(C(C)(C)C2C3SC([Si](C)(C)C)=CC3C3C=C([Si](C)(C)C)SC32)C1. The maximum atomic E-state index is 2.79. The zero-order chi connectivity index (χ0) is 21.5. The monoisotopic (exact) mass is 464 g/mol. The Labute approximate surface area is 191 Å². The van der Waals surface area contributed by atoms with E-state index in [1.807, 2.05) is 0 Å². The van der Waals surface area contributed by atoms with Crippen LogP contribution in [0, 0.1) is 40.9 Å². The molecule has 2 heterocycles. The fraction of sp³-hybridized carbons (Fsp3) is 0.840. The Morgan fingerprint density at radius 1 is 0.793 bits per heavy atom. The highest BCUT2D eigenvalue weighted by Gasteiger charge is 2.61. The third kappa shape index (κ3) is 3.84. The first kappa shape index (κ1) is 22.8. The molecule has 2 aliphatic heterocycles. The lowest BCUT2D eigenvalue weighted by molar-refractivity contribution is 0.0949. The smallest absolute Gasteiger partial charge is 0.0853 e. The molecule has 0 bridgehead atoms. The van der Waals surface area contributed by atoms with Crippen molar-refractivity contribution in [2.75, 3.05) is 0 Å². The van der Waals surface area contributed by atoms with Crippen LogP contribution in [0.2, 0.25) is 39.3 Å². The van der Waals surface area contributed by atoms with Crippen LogP contribution in [0.25, 0.3) is 0 Å². The van der Waals surface area contributed by atoms with Crippen molar-refractivity contribution in [2.45, 2.75) is 90.3 Å². The van der Waals surface area contributed by atoms with Gasteiger partial charge in [-0.3, -0.25) is 0 Å². The molecule has 0 aromatic carbocycles. The molecule has 7 atom stereocenters. The van der Waals surface area contributed by atoms with E-state index in [4.69, 9.17) is 0 Å². The Balaban J connectivity index is 1.72. The first-order valence-corrected chi connectivity index (χ1v) is 20.7. The highest BCUT2D eigenvalue weighted by atomic mass is 32.2. The molecular weight excluding hydrogens is 421 g/mol. The van der Waals surface area contributed by atoms with Crippen LogP contribution in [0.1, 0.15) is 40.5 Å². The molecule has 4 rings (SSSR count). The third-order valence-corrected chi connectivity index (χ3v) is 18.7. The minimum atomic E-state index is -1.23. The van der Waals surface area contributed by atoms with Gasteiger partial charge in [-0.25, -0.2) is 0 Å². The van der Waals surface area contributed by atoms with Gasteiger partial charge in [-0.1, -0.05) is 79.1 Å². The van der Waals surface area contributed by atoms with Crippen molar-refractivity contribution in [1.29, 1.82) is 0 Å². The minimum absolute atomic E-state index is 0.442. The summed E-state index contributed by atoms with van der Waals surface area (Å²) in [5, 5.41) is 1.66. The van der Waals surface area contributed by atoms with Crippen molar-refractivity contribution in [3.05, 3.63) is 21.2 Å². The molecule has 2 fully saturated rings. The van der Waals surface area contributed by atoms with Gasteiger partial charge in [-0.2, -0.15) is 0 Å². The average molecular weight is 465 g/mol. The molecule has 0 saturated heterocycles. The number of thioether (sulfide) groups is 2. The lowest BCUT2D eigenvalue weighted by Gasteiger charge is -2.45. The Bertz CT molecular complexity index is 680. The van der Waals surface area contributed by atoms with Crippen LogP contribution < -0.4 is 0 Å². The average Bonchev–Trinajstić information content (AvgIpc) is 3.24. The molecular formula is C25H44S2Si2. The molecule has 4 heteroatoms. The van der Waals surface area contributed by atoms with Crippen molar-refractivity contribution < 1.29 is 0 Å². The first-order valence-electron chi connectivity index (χ1n) is 12.0. The van der Waals surface area contributed by atoms with Crippen LogP contribution in [-0.4, -0.2) is 26.6 Å². The second-order valence-electron chi connectivity index (χ2n) is 13.4. The molecule has 7 unspecified atom stereocenters. The summed E-state index contributed by atoms with van der Waals surface area (Å²) in [6.07, 6.45) is 8.48. The summed E-state index contributed by atoms with van der Waals surface area (Å²) in [5.41, 5.74) is 0.442. The van der Waals surface area contributed by atoms with Crippen molar-refractivity contribution in [1.82, 2.24) is 0 Å². The molecule has 164 valence electrons. The normalized spacial score (nSPS) is 42.7. The van der Waals surface area contributed by atoms with Crippen LogP contribution in [0.15, 0.2) is 21.2 Å². The number of rotatable bonds is 4. The summed E-state index contributed by atoms with van der Waals surface area (Å²) < 4.78 is 3.61. The van der Waals surface area contributed by atoms with Crippen molar-refractivity contribution in [3.63, 3.8) is 0 Å². The molecule has 0 N–H and O–H groups in total. The standard InChI is InChI=1S/C25H44S2Si2/c1-15-11-16(2)19(12-15)25(3,4)22-23-17(13-20(26-23)28(5,6)7)18-14-21(27-24(18)22)29(8,9)10/h13-19,22-24H,11-12H2,1-10H3. The summed E-state index contributed by atoms with van der Waals surface area (Å²) in [5.74, 6) is 5.15. The highest BCUT2D eigenvalue weighted by molar-refractivity contribution is 8.07. The van der Waals surface area contributed by atoms with Gasteiger partial charge in [-0.05, 0) is 62.8 Å². The van der Waals surface area contributed by atoms with Crippen LogP contribution in [0.3, 0.4) is 0 Å². The predicted molar refractivity (Wildman–Crippen MR) is 141 cm³/mol. The molecule has 2 saturated carbocycles. The second-order valence-corrected chi connectivity index (χ2v) is 26.6. The minimum Gasteiger partial charge on any atom is -0.131 e. The largest absolute Gasteiger partial charge is 0.131 e. The zero-order valence-corrected chi connectivity index (χ0v) is 24.1. The lowest BCUT2D eigenvalue weighted by Crippen LogP contribution is -2.42. The fourth-order valence-corrected chi connectivity index (χ4v) is 15.4. The molecule has 0 aromatic heterocycles. The number of hydrogen-bond donors (Lipinski definition) is 0. The lowest BCUT2D eigenvalue weighted by atomic mass is 9.64. The molecule has 0 amide bonds. The number of allylic oxidation sites excluding steroid dienone is 2. The van der Waals surface area contributed by atoms with Crippen molar-refractivity contribution in [3.8, 4) is 0 Å². The van der Waals surface area contributed by atoms with Gasteiger partial charge in [0.1, 0.15) is 0 Å². The van der Waals surface area contributed by atoms with Gasteiger partial charge in [0.2, 0.25) is 0 Å². The Morgan fingerprint density at radius 2 is 1.24 bits per heavy atom. The van der Waals surface area contributed by atoms with E-state index in [1.165, 1.54) is 12.8 Å². The van der Waals surface area contributed by atoms with Crippen LogP contribution >= 0.6 is 23.5 Å². The van der Waals surface area contributed by atoms with Crippen molar-refractivity contribution in [2.24, 2.45) is 40.9 Å². The van der Waals surface area contributed by atoms with E-state index in [-0.39, 0.29) is 0 Å². The number of fused-ring (bicyclic) bond motifs is 3. The van der Waals surface area contributed by atoms with Crippen molar-refractivity contribution >= 4 is 39.7 Å². The van der Waals surface area contributed by atoms with Crippen LogP contribution in [0.4, 0.5) is 0 Å². The summed E-state index contributed by atoms with van der Waals surface area (Å²) >= 11 is 4.68. The molecule has 4 aliphatic rings. The second kappa shape index (κ2) is 7.32. The van der Waals surface area contributed by atoms with E-state index >= 15 is 0 Å². The topological polar surface area (TPSA) is 0 Å². The Hall–Kier alpha value is 0.614. The molecule has 0 aromatic rings.